The fraction of sp³-hybridized carbons (Fsp3) is 0. The van der Waals surface area contributed by atoms with E-state index in [0.29, 0.717) is 0 Å². The quantitative estimate of drug-likeness (QED) is 0.169. The third-order valence-electron chi connectivity index (χ3n) is 12.1. The van der Waals surface area contributed by atoms with Crippen LogP contribution in [-0.4, -0.2) is 0 Å². The molecule has 0 aliphatic rings. The van der Waals surface area contributed by atoms with Crippen molar-refractivity contribution in [3.8, 4) is 33.4 Å². The van der Waals surface area contributed by atoms with Gasteiger partial charge in [0.25, 0.3) is 0 Å². The van der Waals surface area contributed by atoms with Gasteiger partial charge in [-0.2, -0.15) is 0 Å². The Labute approximate surface area is 330 Å². The van der Waals surface area contributed by atoms with E-state index in [1.54, 1.807) is 0 Å². The largest absolute Gasteiger partial charge is 0.455 e. The summed E-state index contributed by atoms with van der Waals surface area (Å²) in [6.45, 7) is 0. The maximum Gasteiger partial charge on any atom is 0.143 e. The molecular weight excluding hydrogens is 713 g/mol. The molecule has 0 radical (unpaired) electrons. The van der Waals surface area contributed by atoms with E-state index >= 15 is 0 Å². The molecule has 3 aromatic heterocycles. The molecule has 3 heteroatoms. The van der Waals surface area contributed by atoms with Crippen LogP contribution in [0.5, 0.6) is 0 Å². The summed E-state index contributed by atoms with van der Waals surface area (Å²) >= 11 is 1.85. The highest BCUT2D eigenvalue weighted by Crippen LogP contribution is 2.49. The minimum Gasteiger partial charge on any atom is -0.455 e. The minimum atomic E-state index is 0.907. The first-order chi connectivity index (χ1) is 28.3. The van der Waals surface area contributed by atoms with Crippen LogP contribution in [0.3, 0.4) is 0 Å². The number of benzene rings is 10. The third-order valence-corrected chi connectivity index (χ3v) is 13.3. The second-order valence-electron chi connectivity index (χ2n) is 15.1. The van der Waals surface area contributed by atoms with Crippen LogP contribution in [0.1, 0.15) is 0 Å². The van der Waals surface area contributed by atoms with Crippen molar-refractivity contribution < 1.29 is 8.83 Å². The highest BCUT2D eigenvalue weighted by atomic mass is 32.1. The van der Waals surface area contributed by atoms with Crippen molar-refractivity contribution in [1.82, 2.24) is 0 Å². The molecule has 10 aromatic carbocycles. The summed E-state index contributed by atoms with van der Waals surface area (Å²) in [6, 6.07) is 65.8. The lowest BCUT2D eigenvalue weighted by atomic mass is 9.85. The number of fused-ring (bicyclic) bond motifs is 13. The van der Waals surface area contributed by atoms with E-state index in [-0.39, 0.29) is 0 Å². The molecule has 57 heavy (non-hydrogen) atoms. The maximum absolute atomic E-state index is 6.88. The molecule has 0 amide bonds. The van der Waals surface area contributed by atoms with Crippen LogP contribution < -0.4 is 0 Å². The van der Waals surface area contributed by atoms with Crippen molar-refractivity contribution in [2.24, 2.45) is 0 Å². The van der Waals surface area contributed by atoms with E-state index in [4.69, 9.17) is 8.83 Å². The van der Waals surface area contributed by atoms with E-state index in [0.717, 1.165) is 55.2 Å². The van der Waals surface area contributed by atoms with Gasteiger partial charge in [-0.25, -0.2) is 0 Å². The van der Waals surface area contributed by atoms with Crippen LogP contribution in [0.4, 0.5) is 0 Å². The highest BCUT2D eigenvalue weighted by molar-refractivity contribution is 7.26. The Morgan fingerprint density at radius 2 is 0.912 bits per heavy atom. The van der Waals surface area contributed by atoms with Crippen LogP contribution in [0, 0.1) is 0 Å². The SMILES string of the molecule is c1ccc2c(-c3ccc(-c4c5ccccc5c(-c5cccc6c5oc5ccccc56)c5ccccc45)cc3)c3oc4ccc5c6ccccc6sc5c4c3cc2c1. The maximum atomic E-state index is 6.88. The molecule has 0 saturated heterocycles. The molecule has 13 rings (SSSR count). The summed E-state index contributed by atoms with van der Waals surface area (Å²) in [5.74, 6) is 0. The summed E-state index contributed by atoms with van der Waals surface area (Å²) < 4.78 is 16.1. The minimum absolute atomic E-state index is 0.907. The zero-order valence-corrected chi connectivity index (χ0v) is 31.4. The number of para-hydroxylation sites is 2. The summed E-state index contributed by atoms with van der Waals surface area (Å²) in [5, 5.41) is 14.4. The van der Waals surface area contributed by atoms with Gasteiger partial charge in [-0.3, -0.25) is 0 Å². The zero-order chi connectivity index (χ0) is 37.2. The van der Waals surface area contributed by atoms with Gasteiger partial charge < -0.3 is 8.83 Å². The first-order valence-corrected chi connectivity index (χ1v) is 20.2. The van der Waals surface area contributed by atoms with E-state index in [1.807, 2.05) is 17.4 Å². The van der Waals surface area contributed by atoms with Gasteiger partial charge in [-0.15, -0.1) is 11.3 Å². The molecule has 3 heterocycles. The lowest BCUT2D eigenvalue weighted by molar-refractivity contribution is 0.670. The Bertz CT molecular complexity index is 3750. The van der Waals surface area contributed by atoms with Gasteiger partial charge in [0.2, 0.25) is 0 Å². The van der Waals surface area contributed by atoms with Gasteiger partial charge in [0.1, 0.15) is 22.3 Å². The van der Waals surface area contributed by atoms with Crippen molar-refractivity contribution in [2.75, 3.05) is 0 Å². The van der Waals surface area contributed by atoms with E-state index in [1.165, 1.54) is 74.6 Å². The molecule has 0 aliphatic carbocycles. The molecule has 0 N–H and O–H groups in total. The van der Waals surface area contributed by atoms with Gasteiger partial charge in [0, 0.05) is 58.4 Å². The number of furan rings is 2. The average Bonchev–Trinajstić information content (AvgIpc) is 3.96. The predicted molar refractivity (Wildman–Crippen MR) is 243 cm³/mol. The predicted octanol–water partition coefficient (Wildman–Crippen LogP) is 16.3. The summed E-state index contributed by atoms with van der Waals surface area (Å²) in [4.78, 5) is 0. The third kappa shape index (κ3) is 4.35. The van der Waals surface area contributed by atoms with Gasteiger partial charge >= 0.3 is 0 Å². The van der Waals surface area contributed by atoms with Gasteiger partial charge in [0.05, 0.1) is 0 Å². The second kappa shape index (κ2) is 11.7. The molecule has 0 saturated carbocycles. The Kier molecular flexibility index (Phi) is 6.35. The Hall–Kier alpha value is -7.20. The molecule has 0 unspecified atom stereocenters. The molecule has 0 spiro atoms. The monoisotopic (exact) mass is 742 g/mol. The van der Waals surface area contributed by atoms with Crippen molar-refractivity contribution in [3.63, 3.8) is 0 Å². The molecular formula is C54H30O2S. The average molecular weight is 743 g/mol. The lowest BCUT2D eigenvalue weighted by Crippen LogP contribution is -1.91. The number of hydrogen-bond acceptors (Lipinski definition) is 3. The number of thiophene rings is 1. The van der Waals surface area contributed by atoms with Crippen molar-refractivity contribution in [1.29, 1.82) is 0 Å². The van der Waals surface area contributed by atoms with Crippen LogP contribution in [0.15, 0.2) is 191 Å². The summed E-state index contributed by atoms with van der Waals surface area (Å²) in [7, 11) is 0. The fourth-order valence-electron chi connectivity index (χ4n) is 9.60. The van der Waals surface area contributed by atoms with Crippen LogP contribution in [0.25, 0.3) is 130 Å². The first-order valence-electron chi connectivity index (χ1n) is 19.4. The van der Waals surface area contributed by atoms with Crippen LogP contribution >= 0.6 is 11.3 Å². The first kappa shape index (κ1) is 31.1. The molecule has 0 atom stereocenters. The topological polar surface area (TPSA) is 26.3 Å². The zero-order valence-electron chi connectivity index (χ0n) is 30.5. The van der Waals surface area contributed by atoms with Crippen molar-refractivity contribution >= 4 is 108 Å². The fourth-order valence-corrected chi connectivity index (χ4v) is 10.9. The molecule has 0 bridgehead atoms. The second-order valence-corrected chi connectivity index (χ2v) is 16.1. The van der Waals surface area contributed by atoms with E-state index in [9.17, 15) is 0 Å². The van der Waals surface area contributed by atoms with E-state index in [2.05, 4.69) is 176 Å². The number of rotatable bonds is 3. The molecule has 0 fully saturated rings. The van der Waals surface area contributed by atoms with Crippen molar-refractivity contribution in [3.05, 3.63) is 182 Å². The summed E-state index contributed by atoms with van der Waals surface area (Å²) in [5.41, 5.74) is 10.7. The molecule has 13 aromatic rings. The molecule has 264 valence electrons. The molecule has 2 nitrogen and oxygen atoms in total. The lowest BCUT2D eigenvalue weighted by Gasteiger charge is -2.18. The summed E-state index contributed by atoms with van der Waals surface area (Å²) in [6.07, 6.45) is 0. The van der Waals surface area contributed by atoms with Crippen LogP contribution in [-0.2, 0) is 0 Å². The number of hydrogen-bond donors (Lipinski definition) is 0. The molecule has 0 aliphatic heterocycles. The van der Waals surface area contributed by atoms with Crippen molar-refractivity contribution in [2.45, 2.75) is 0 Å². The van der Waals surface area contributed by atoms with Gasteiger partial charge in [-0.05, 0) is 79.3 Å². The Morgan fingerprint density at radius 1 is 0.333 bits per heavy atom. The van der Waals surface area contributed by atoms with Crippen LogP contribution in [0.2, 0.25) is 0 Å². The highest BCUT2D eigenvalue weighted by Gasteiger charge is 2.22. The Balaban J connectivity index is 1.04. The van der Waals surface area contributed by atoms with Gasteiger partial charge in [0.15, 0.2) is 0 Å². The standard InChI is InChI=1S/C54H30O2S/c1-2-13-34-33(12-1)30-44-51-46(29-28-42-36-15-8-10-23-47(36)57-54(42)51)56-53(44)49(34)32-26-24-31(25-27-32)48-37-16-3-5-18-39(37)50(40-19-6-4-17-38(40)48)43-21-11-20-41-35-14-7-9-22-45(35)55-52(41)43/h1-30H. The van der Waals surface area contributed by atoms with Gasteiger partial charge in [-0.1, -0.05) is 152 Å². The van der Waals surface area contributed by atoms with E-state index < -0.39 is 0 Å². The Morgan fingerprint density at radius 3 is 1.67 bits per heavy atom. The smallest absolute Gasteiger partial charge is 0.143 e. The normalized spacial score (nSPS) is 12.2.